The van der Waals surface area contributed by atoms with Crippen LogP contribution in [0.4, 0.5) is 10.5 Å². The highest BCUT2D eigenvalue weighted by molar-refractivity contribution is 6.30. The zero-order chi connectivity index (χ0) is 17.2. The van der Waals surface area contributed by atoms with Gasteiger partial charge >= 0.3 is 6.03 Å². The van der Waals surface area contributed by atoms with Crippen LogP contribution < -0.4 is 10.6 Å². The summed E-state index contributed by atoms with van der Waals surface area (Å²) in [6, 6.07) is 6.44. The number of hydrogen-bond donors (Lipinski definition) is 2. The number of nitrogens with one attached hydrogen (secondary N) is 2. The first-order valence-electron chi connectivity index (χ1n) is 8.20. The van der Waals surface area contributed by atoms with Crippen molar-refractivity contribution in [1.82, 2.24) is 10.2 Å². The number of anilines is 1. The summed E-state index contributed by atoms with van der Waals surface area (Å²) in [6.07, 6.45) is 4.39. The summed E-state index contributed by atoms with van der Waals surface area (Å²) in [5, 5.41) is 6.08. The Kier molecular flexibility index (Phi) is 4.76. The molecule has 1 aliphatic heterocycles. The van der Waals surface area contributed by atoms with Crippen LogP contribution in [0.2, 0.25) is 5.02 Å². The van der Waals surface area contributed by atoms with E-state index in [1.54, 1.807) is 24.3 Å². The third-order valence-electron chi connectivity index (χ3n) is 4.62. The predicted molar refractivity (Wildman–Crippen MR) is 90.8 cm³/mol. The average Bonchev–Trinajstić information content (AvgIpc) is 2.76. The number of nitrogens with zero attached hydrogens (tertiary/aromatic N) is 1. The molecule has 1 aliphatic carbocycles. The minimum absolute atomic E-state index is 0.0573. The summed E-state index contributed by atoms with van der Waals surface area (Å²) in [7, 11) is 0. The van der Waals surface area contributed by atoms with E-state index in [4.69, 9.17) is 11.6 Å². The van der Waals surface area contributed by atoms with Gasteiger partial charge in [-0.3, -0.25) is 14.5 Å². The third kappa shape index (κ3) is 3.38. The van der Waals surface area contributed by atoms with Crippen molar-refractivity contribution in [2.24, 2.45) is 0 Å². The number of carbonyl (C=O) groups is 3. The van der Waals surface area contributed by atoms with E-state index in [2.05, 4.69) is 10.6 Å². The average molecular weight is 350 g/mol. The van der Waals surface area contributed by atoms with Crippen molar-refractivity contribution in [1.29, 1.82) is 0 Å². The van der Waals surface area contributed by atoms with Gasteiger partial charge < -0.3 is 10.6 Å². The Morgan fingerprint density at radius 2 is 2.00 bits per heavy atom. The van der Waals surface area contributed by atoms with Gasteiger partial charge in [-0.05, 0) is 31.0 Å². The topological polar surface area (TPSA) is 78.5 Å². The molecule has 128 valence electrons. The fraction of sp³-hybridized carbons (Fsp3) is 0.471. The molecular weight excluding hydrogens is 330 g/mol. The maximum Gasteiger partial charge on any atom is 0.325 e. The number of halogens is 1. The minimum Gasteiger partial charge on any atom is -0.326 e. The van der Waals surface area contributed by atoms with Gasteiger partial charge in [0.1, 0.15) is 5.54 Å². The second-order valence-electron chi connectivity index (χ2n) is 6.34. The fourth-order valence-electron chi connectivity index (χ4n) is 3.38. The number of benzene rings is 1. The first-order valence-corrected chi connectivity index (χ1v) is 8.57. The smallest absolute Gasteiger partial charge is 0.325 e. The van der Waals surface area contributed by atoms with E-state index in [-0.39, 0.29) is 24.8 Å². The van der Waals surface area contributed by atoms with Crippen LogP contribution in [-0.4, -0.2) is 34.8 Å². The van der Waals surface area contributed by atoms with Crippen LogP contribution in [0, 0.1) is 0 Å². The molecule has 0 unspecified atom stereocenters. The molecule has 3 rings (SSSR count). The van der Waals surface area contributed by atoms with Crippen molar-refractivity contribution in [3.8, 4) is 0 Å². The van der Waals surface area contributed by atoms with Gasteiger partial charge in [0.15, 0.2) is 0 Å². The molecule has 1 aromatic rings. The second kappa shape index (κ2) is 6.81. The zero-order valence-corrected chi connectivity index (χ0v) is 14.1. The summed E-state index contributed by atoms with van der Waals surface area (Å²) < 4.78 is 0. The summed E-state index contributed by atoms with van der Waals surface area (Å²) in [5.74, 6) is -0.454. The lowest BCUT2D eigenvalue weighted by atomic mass is 9.82. The van der Waals surface area contributed by atoms with Crippen LogP contribution in [0.5, 0.6) is 0 Å². The van der Waals surface area contributed by atoms with Crippen LogP contribution in [-0.2, 0) is 9.59 Å². The molecule has 7 heteroatoms. The molecular formula is C17H20ClN3O3. The van der Waals surface area contributed by atoms with Crippen LogP contribution in [0.15, 0.2) is 24.3 Å². The summed E-state index contributed by atoms with van der Waals surface area (Å²) in [4.78, 5) is 37.9. The van der Waals surface area contributed by atoms with Gasteiger partial charge in [0.2, 0.25) is 5.91 Å². The SMILES string of the molecule is O=C(CCN1C(=O)NC2(CCCCC2)C1=O)Nc1cccc(Cl)c1. The largest absolute Gasteiger partial charge is 0.326 e. The van der Waals surface area contributed by atoms with Gasteiger partial charge in [-0.25, -0.2) is 4.79 Å². The van der Waals surface area contributed by atoms with Gasteiger partial charge in [-0.15, -0.1) is 0 Å². The summed E-state index contributed by atoms with van der Waals surface area (Å²) >= 11 is 5.87. The second-order valence-corrected chi connectivity index (χ2v) is 6.77. The fourth-order valence-corrected chi connectivity index (χ4v) is 3.57. The van der Waals surface area contributed by atoms with E-state index in [1.807, 2.05) is 0 Å². The van der Waals surface area contributed by atoms with Gasteiger partial charge in [-0.1, -0.05) is 36.9 Å². The highest BCUT2D eigenvalue weighted by Crippen LogP contribution is 2.33. The van der Waals surface area contributed by atoms with Crippen molar-refractivity contribution in [2.45, 2.75) is 44.1 Å². The molecule has 2 aliphatic rings. The Labute approximate surface area is 145 Å². The lowest BCUT2D eigenvalue weighted by Gasteiger charge is -2.30. The minimum atomic E-state index is -0.737. The predicted octanol–water partition coefficient (Wildman–Crippen LogP) is 2.92. The van der Waals surface area contributed by atoms with E-state index in [9.17, 15) is 14.4 Å². The van der Waals surface area contributed by atoms with Gasteiger partial charge in [-0.2, -0.15) is 0 Å². The molecule has 6 nitrogen and oxygen atoms in total. The molecule has 0 bridgehead atoms. The van der Waals surface area contributed by atoms with Gasteiger partial charge in [0.05, 0.1) is 0 Å². The molecule has 1 saturated carbocycles. The highest BCUT2D eigenvalue weighted by atomic mass is 35.5. The van der Waals surface area contributed by atoms with E-state index in [0.717, 1.165) is 19.3 Å². The maximum absolute atomic E-state index is 12.6. The number of carbonyl (C=O) groups excluding carboxylic acids is 3. The van der Waals surface area contributed by atoms with Crippen molar-refractivity contribution < 1.29 is 14.4 Å². The molecule has 1 heterocycles. The molecule has 0 radical (unpaired) electrons. The molecule has 4 amide bonds. The molecule has 1 saturated heterocycles. The van der Waals surface area contributed by atoms with Crippen molar-refractivity contribution in [3.63, 3.8) is 0 Å². The normalized spacial score (nSPS) is 19.5. The molecule has 0 aromatic heterocycles. The molecule has 2 fully saturated rings. The van der Waals surface area contributed by atoms with E-state index >= 15 is 0 Å². The summed E-state index contributed by atoms with van der Waals surface area (Å²) in [6.45, 7) is 0.0822. The molecule has 0 atom stereocenters. The number of amides is 4. The Morgan fingerprint density at radius 1 is 1.25 bits per heavy atom. The highest BCUT2D eigenvalue weighted by Gasteiger charge is 2.50. The van der Waals surface area contributed by atoms with Crippen LogP contribution in [0.1, 0.15) is 38.5 Å². The Bertz CT molecular complexity index is 671. The van der Waals surface area contributed by atoms with E-state index in [1.165, 1.54) is 4.90 Å². The Hall–Kier alpha value is -2.08. The van der Waals surface area contributed by atoms with E-state index < -0.39 is 11.6 Å². The summed E-state index contributed by atoms with van der Waals surface area (Å²) in [5.41, 5.74) is -0.146. The molecule has 2 N–H and O–H groups in total. The zero-order valence-electron chi connectivity index (χ0n) is 13.3. The van der Waals surface area contributed by atoms with Crippen molar-refractivity contribution in [3.05, 3.63) is 29.3 Å². The molecule has 1 spiro atoms. The van der Waals surface area contributed by atoms with Crippen molar-refractivity contribution >= 4 is 35.1 Å². The van der Waals surface area contributed by atoms with Crippen LogP contribution in [0.3, 0.4) is 0 Å². The Morgan fingerprint density at radius 3 is 2.71 bits per heavy atom. The van der Waals surface area contributed by atoms with Gasteiger partial charge in [0, 0.05) is 23.7 Å². The van der Waals surface area contributed by atoms with E-state index in [0.29, 0.717) is 23.6 Å². The third-order valence-corrected chi connectivity index (χ3v) is 4.86. The lowest BCUT2D eigenvalue weighted by molar-refractivity contribution is -0.132. The molecule has 1 aromatic carbocycles. The quantitative estimate of drug-likeness (QED) is 0.820. The number of hydrogen-bond acceptors (Lipinski definition) is 3. The maximum atomic E-state index is 12.6. The number of imide groups is 1. The first kappa shape index (κ1) is 16.8. The van der Waals surface area contributed by atoms with Crippen LogP contribution >= 0.6 is 11.6 Å². The molecule has 24 heavy (non-hydrogen) atoms. The Balaban J connectivity index is 1.57. The lowest BCUT2D eigenvalue weighted by Crippen LogP contribution is -2.48. The number of rotatable bonds is 4. The van der Waals surface area contributed by atoms with Gasteiger partial charge in [0.25, 0.3) is 5.91 Å². The first-order chi connectivity index (χ1) is 11.5. The van der Waals surface area contributed by atoms with Crippen molar-refractivity contribution in [2.75, 3.05) is 11.9 Å². The standard InChI is InChI=1S/C17H20ClN3O3/c18-12-5-4-6-13(11-12)19-14(22)7-10-21-15(23)17(20-16(21)24)8-2-1-3-9-17/h4-6,11H,1-3,7-10H2,(H,19,22)(H,20,24). The monoisotopic (exact) mass is 349 g/mol. The van der Waals surface area contributed by atoms with Crippen LogP contribution in [0.25, 0.3) is 0 Å². The number of urea groups is 1.